The number of nitrogens with one attached hydrogen (secondary N) is 2. The highest BCUT2D eigenvalue weighted by atomic mass is 16.5. The number of rotatable bonds is 5. The molecule has 0 spiro atoms. The summed E-state index contributed by atoms with van der Waals surface area (Å²) in [5, 5.41) is 5.48. The van der Waals surface area contributed by atoms with Gasteiger partial charge in [0.25, 0.3) is 11.8 Å². The highest BCUT2D eigenvalue weighted by molar-refractivity contribution is 6.09. The van der Waals surface area contributed by atoms with Crippen molar-refractivity contribution < 1.29 is 19.1 Å². The molecule has 3 rings (SSSR count). The van der Waals surface area contributed by atoms with Crippen molar-refractivity contribution in [2.45, 2.75) is 19.9 Å². The smallest absolute Gasteiger partial charge is 0.337 e. The molecule has 2 N–H and O–H groups in total. The monoisotopic (exact) mass is 380 g/mol. The van der Waals surface area contributed by atoms with Gasteiger partial charge in [-0.05, 0) is 44.2 Å². The molecule has 0 fully saturated rings. The number of carbonyl (C=O) groups is 3. The number of fused-ring (bicyclic) bond motifs is 1. The van der Waals surface area contributed by atoms with Crippen LogP contribution in [-0.4, -0.2) is 40.3 Å². The summed E-state index contributed by atoms with van der Waals surface area (Å²) in [6.45, 7) is 3.69. The Kier molecular flexibility index (Phi) is 5.39. The molecule has 2 aromatic heterocycles. The minimum absolute atomic E-state index is 0.0677. The van der Waals surface area contributed by atoms with Crippen molar-refractivity contribution in [2.75, 3.05) is 12.4 Å². The summed E-state index contributed by atoms with van der Waals surface area (Å²) in [4.78, 5) is 41.2. The fourth-order valence-electron chi connectivity index (χ4n) is 2.72. The number of carbonyl (C=O) groups excluding carboxylic acids is 3. The van der Waals surface area contributed by atoms with E-state index in [9.17, 15) is 14.4 Å². The lowest BCUT2D eigenvalue weighted by molar-refractivity contribution is 0.0600. The van der Waals surface area contributed by atoms with Crippen LogP contribution in [-0.2, 0) is 4.74 Å². The van der Waals surface area contributed by atoms with Gasteiger partial charge in [-0.25, -0.2) is 9.78 Å². The second-order valence-electron chi connectivity index (χ2n) is 6.39. The van der Waals surface area contributed by atoms with Gasteiger partial charge in [0.05, 0.1) is 18.2 Å². The van der Waals surface area contributed by atoms with Crippen LogP contribution in [0.2, 0.25) is 0 Å². The molecule has 0 atom stereocenters. The van der Waals surface area contributed by atoms with Gasteiger partial charge in [0.1, 0.15) is 0 Å². The third-order valence-electron chi connectivity index (χ3n) is 3.93. The van der Waals surface area contributed by atoms with E-state index < -0.39 is 11.9 Å². The first-order valence-electron chi connectivity index (χ1n) is 8.68. The maximum Gasteiger partial charge on any atom is 0.337 e. The third kappa shape index (κ3) is 3.85. The van der Waals surface area contributed by atoms with Crippen LogP contribution in [0.1, 0.15) is 45.3 Å². The average Bonchev–Trinajstić information content (AvgIpc) is 3.07. The van der Waals surface area contributed by atoms with Gasteiger partial charge in [-0.2, -0.15) is 0 Å². The maximum atomic E-state index is 12.8. The Labute approximate surface area is 161 Å². The number of anilines is 1. The standard InChI is InChI=1S/C20H20N4O4/c1-12(2)21-19(26)17-23-16(15-9-4-5-10-24(15)17)18(25)22-14-8-6-7-13(11-14)20(27)28-3/h4-12H,1-3H3,(H,21,26)(H,22,25). The largest absolute Gasteiger partial charge is 0.465 e. The first kappa shape index (κ1) is 19.1. The molecule has 8 heteroatoms. The summed E-state index contributed by atoms with van der Waals surface area (Å²) in [5.74, 6) is -1.24. The van der Waals surface area contributed by atoms with E-state index in [4.69, 9.17) is 0 Å². The molecule has 2 heterocycles. The van der Waals surface area contributed by atoms with E-state index in [-0.39, 0.29) is 23.5 Å². The van der Waals surface area contributed by atoms with Crippen molar-refractivity contribution in [1.29, 1.82) is 0 Å². The number of methoxy groups -OCH3 is 1. The molecule has 0 aliphatic carbocycles. The van der Waals surface area contributed by atoms with Crippen LogP contribution in [0.25, 0.3) is 5.52 Å². The van der Waals surface area contributed by atoms with Gasteiger partial charge in [-0.3, -0.25) is 14.0 Å². The Balaban J connectivity index is 1.94. The molecule has 0 saturated carbocycles. The minimum Gasteiger partial charge on any atom is -0.465 e. The van der Waals surface area contributed by atoms with Gasteiger partial charge in [0.2, 0.25) is 5.82 Å². The van der Waals surface area contributed by atoms with Crippen LogP contribution in [0.15, 0.2) is 48.7 Å². The number of hydrogen-bond acceptors (Lipinski definition) is 5. The number of hydrogen-bond donors (Lipinski definition) is 2. The van der Waals surface area contributed by atoms with Gasteiger partial charge < -0.3 is 15.4 Å². The number of imidazole rings is 1. The quantitative estimate of drug-likeness (QED) is 0.662. The zero-order valence-corrected chi connectivity index (χ0v) is 15.7. The zero-order valence-electron chi connectivity index (χ0n) is 15.7. The van der Waals surface area contributed by atoms with Crippen molar-refractivity contribution in [3.63, 3.8) is 0 Å². The van der Waals surface area contributed by atoms with Crippen LogP contribution in [0.3, 0.4) is 0 Å². The molecule has 0 aliphatic heterocycles. The van der Waals surface area contributed by atoms with Gasteiger partial charge in [-0.15, -0.1) is 0 Å². The second-order valence-corrected chi connectivity index (χ2v) is 6.39. The predicted molar refractivity (Wildman–Crippen MR) is 104 cm³/mol. The van der Waals surface area contributed by atoms with Crippen LogP contribution >= 0.6 is 0 Å². The lowest BCUT2D eigenvalue weighted by atomic mass is 10.2. The van der Waals surface area contributed by atoms with E-state index in [2.05, 4.69) is 20.4 Å². The number of amides is 2. The van der Waals surface area contributed by atoms with E-state index in [0.29, 0.717) is 16.8 Å². The van der Waals surface area contributed by atoms with Crippen LogP contribution in [0.4, 0.5) is 5.69 Å². The number of nitrogens with zero attached hydrogens (tertiary/aromatic N) is 2. The molecule has 3 aromatic rings. The number of benzene rings is 1. The summed E-state index contributed by atoms with van der Waals surface area (Å²) in [6.07, 6.45) is 1.67. The average molecular weight is 380 g/mol. The normalized spacial score (nSPS) is 10.7. The molecule has 0 unspecified atom stereocenters. The third-order valence-corrected chi connectivity index (χ3v) is 3.93. The molecule has 8 nitrogen and oxygen atoms in total. The lowest BCUT2D eigenvalue weighted by Gasteiger charge is -2.06. The van der Waals surface area contributed by atoms with E-state index in [1.807, 2.05) is 13.8 Å². The Morgan fingerprint density at radius 3 is 2.57 bits per heavy atom. The number of esters is 1. The van der Waals surface area contributed by atoms with Crippen LogP contribution in [0, 0.1) is 0 Å². The topological polar surface area (TPSA) is 102 Å². The zero-order chi connectivity index (χ0) is 20.3. The van der Waals surface area contributed by atoms with Crippen molar-refractivity contribution in [1.82, 2.24) is 14.7 Å². The summed E-state index contributed by atoms with van der Waals surface area (Å²) in [5.41, 5.74) is 1.33. The van der Waals surface area contributed by atoms with Gasteiger partial charge in [0.15, 0.2) is 5.69 Å². The maximum absolute atomic E-state index is 12.8. The van der Waals surface area contributed by atoms with Crippen LogP contribution in [0.5, 0.6) is 0 Å². The fraction of sp³-hybridized carbons (Fsp3) is 0.200. The second kappa shape index (κ2) is 7.91. The molecular weight excluding hydrogens is 360 g/mol. The Morgan fingerprint density at radius 1 is 1.07 bits per heavy atom. The first-order valence-corrected chi connectivity index (χ1v) is 8.68. The summed E-state index contributed by atoms with van der Waals surface area (Å²) in [6, 6.07) is 11.5. The van der Waals surface area contributed by atoms with Gasteiger partial charge >= 0.3 is 5.97 Å². The first-order chi connectivity index (χ1) is 13.4. The number of aromatic nitrogens is 2. The number of pyridine rings is 1. The highest BCUT2D eigenvalue weighted by Gasteiger charge is 2.22. The Hall–Kier alpha value is -3.68. The van der Waals surface area contributed by atoms with Gasteiger partial charge in [0, 0.05) is 17.9 Å². The van der Waals surface area contributed by atoms with E-state index in [1.165, 1.54) is 13.2 Å². The Morgan fingerprint density at radius 2 is 1.86 bits per heavy atom. The SMILES string of the molecule is COC(=O)c1cccc(NC(=O)c2nc(C(=O)NC(C)C)n3ccccc23)c1. The predicted octanol–water partition coefficient (Wildman–Crippen LogP) is 2.51. The van der Waals surface area contributed by atoms with Gasteiger partial charge in [-0.1, -0.05) is 12.1 Å². The number of ether oxygens (including phenoxy) is 1. The van der Waals surface area contributed by atoms with Crippen molar-refractivity contribution in [3.05, 3.63) is 65.7 Å². The molecule has 0 bridgehead atoms. The molecule has 1 aromatic carbocycles. The highest BCUT2D eigenvalue weighted by Crippen LogP contribution is 2.17. The van der Waals surface area contributed by atoms with E-state index in [1.54, 1.807) is 47.0 Å². The van der Waals surface area contributed by atoms with Crippen molar-refractivity contribution in [2.24, 2.45) is 0 Å². The fourth-order valence-corrected chi connectivity index (χ4v) is 2.72. The van der Waals surface area contributed by atoms with Crippen LogP contribution < -0.4 is 10.6 Å². The summed E-state index contributed by atoms with van der Waals surface area (Å²) >= 11 is 0. The molecule has 0 radical (unpaired) electrons. The van der Waals surface area contributed by atoms with E-state index >= 15 is 0 Å². The lowest BCUT2D eigenvalue weighted by Crippen LogP contribution is -2.31. The summed E-state index contributed by atoms with van der Waals surface area (Å²) in [7, 11) is 1.29. The minimum atomic E-state index is -0.504. The van der Waals surface area contributed by atoms with E-state index in [0.717, 1.165) is 0 Å². The molecule has 144 valence electrons. The molecular formula is C20H20N4O4. The molecule has 2 amide bonds. The summed E-state index contributed by atoms with van der Waals surface area (Å²) < 4.78 is 6.26. The van der Waals surface area contributed by atoms with Crippen molar-refractivity contribution in [3.8, 4) is 0 Å². The molecule has 0 saturated heterocycles. The van der Waals surface area contributed by atoms with Crippen molar-refractivity contribution >= 4 is 29.0 Å². The molecule has 28 heavy (non-hydrogen) atoms. The Bertz CT molecular complexity index is 1060. The molecule has 0 aliphatic rings.